The highest BCUT2D eigenvalue weighted by atomic mass is 16.5. The summed E-state index contributed by atoms with van der Waals surface area (Å²) < 4.78 is 7.67. The molecule has 0 bridgehead atoms. The van der Waals surface area contributed by atoms with E-state index in [-0.39, 0.29) is 0 Å². The zero-order valence-corrected chi connectivity index (χ0v) is 22.1. The fraction of sp³-hybridized carbons (Fsp3) is 0.467. The number of benzene rings is 1. The lowest BCUT2D eigenvalue weighted by atomic mass is 9.84. The average Bonchev–Trinajstić information content (AvgIpc) is 3.72. The number of hydrogen-bond acceptors (Lipinski definition) is 7. The Labute approximate surface area is 224 Å². The monoisotopic (exact) mass is 511 g/mol. The third-order valence-electron chi connectivity index (χ3n) is 8.21. The van der Waals surface area contributed by atoms with Crippen molar-refractivity contribution in [2.75, 3.05) is 17.7 Å². The van der Waals surface area contributed by atoms with Crippen molar-refractivity contribution in [2.45, 2.75) is 82.6 Å². The van der Waals surface area contributed by atoms with Crippen LogP contribution in [0.4, 0.5) is 11.9 Å². The third-order valence-corrected chi connectivity index (χ3v) is 8.21. The molecule has 3 heterocycles. The van der Waals surface area contributed by atoms with E-state index < -0.39 is 0 Å². The van der Waals surface area contributed by atoms with Crippen LogP contribution in [0.25, 0.3) is 16.8 Å². The van der Waals surface area contributed by atoms with Gasteiger partial charge in [0, 0.05) is 29.6 Å². The molecule has 2 aliphatic carbocycles. The largest absolute Gasteiger partial charge is 0.494 e. The minimum atomic E-state index is 0.325. The lowest BCUT2D eigenvalue weighted by Crippen LogP contribution is -2.16. The number of anilines is 2. The number of nitrogens with two attached hydrogens (primary N) is 1. The number of hydrogen-bond donors (Lipinski definition) is 2. The molecule has 0 aliphatic heterocycles. The SMILES string of the molecule is CCCCOc1ccc(C2CCCC2c2cnc(N)n3ncc(-c4ccnc(NC5CCCC5)n4)c23)cc1. The van der Waals surface area contributed by atoms with Crippen LogP contribution in [0, 0.1) is 0 Å². The lowest BCUT2D eigenvalue weighted by Gasteiger charge is -2.22. The molecule has 0 radical (unpaired) electrons. The van der Waals surface area contributed by atoms with Gasteiger partial charge in [-0.2, -0.15) is 9.61 Å². The molecule has 2 unspecified atom stereocenters. The van der Waals surface area contributed by atoms with Gasteiger partial charge in [-0.15, -0.1) is 0 Å². The predicted octanol–water partition coefficient (Wildman–Crippen LogP) is 6.35. The molecule has 2 fully saturated rings. The molecule has 38 heavy (non-hydrogen) atoms. The topological polar surface area (TPSA) is 103 Å². The highest BCUT2D eigenvalue weighted by Gasteiger charge is 2.33. The molecule has 8 heteroatoms. The van der Waals surface area contributed by atoms with E-state index >= 15 is 0 Å². The quantitative estimate of drug-likeness (QED) is 0.252. The summed E-state index contributed by atoms with van der Waals surface area (Å²) in [5.74, 6) is 2.73. The number of ether oxygens (including phenoxy) is 1. The van der Waals surface area contributed by atoms with Gasteiger partial charge < -0.3 is 15.8 Å². The number of aromatic nitrogens is 5. The van der Waals surface area contributed by atoms with E-state index in [4.69, 9.17) is 15.5 Å². The van der Waals surface area contributed by atoms with Crippen molar-refractivity contribution in [1.29, 1.82) is 0 Å². The van der Waals surface area contributed by atoms with Gasteiger partial charge in [-0.1, -0.05) is 44.7 Å². The smallest absolute Gasteiger partial charge is 0.223 e. The molecule has 4 aromatic rings. The van der Waals surface area contributed by atoms with Gasteiger partial charge in [-0.25, -0.2) is 15.0 Å². The average molecular weight is 512 g/mol. The van der Waals surface area contributed by atoms with E-state index in [1.807, 2.05) is 24.7 Å². The summed E-state index contributed by atoms with van der Waals surface area (Å²) in [6, 6.07) is 11.1. The maximum Gasteiger partial charge on any atom is 0.223 e. The summed E-state index contributed by atoms with van der Waals surface area (Å²) in [6.07, 6.45) is 16.1. The molecule has 2 saturated carbocycles. The zero-order chi connectivity index (χ0) is 25.9. The van der Waals surface area contributed by atoms with Crippen molar-refractivity contribution in [3.05, 3.63) is 60.0 Å². The van der Waals surface area contributed by atoms with Gasteiger partial charge in [-0.05, 0) is 67.7 Å². The predicted molar refractivity (Wildman–Crippen MR) is 150 cm³/mol. The van der Waals surface area contributed by atoms with Crippen molar-refractivity contribution in [2.24, 2.45) is 0 Å². The first kappa shape index (κ1) is 24.6. The first-order valence-electron chi connectivity index (χ1n) is 14.2. The molecule has 198 valence electrons. The van der Waals surface area contributed by atoms with Crippen LogP contribution in [-0.4, -0.2) is 37.2 Å². The fourth-order valence-electron chi connectivity index (χ4n) is 6.22. The second-order valence-corrected chi connectivity index (χ2v) is 10.7. The molecule has 0 saturated heterocycles. The van der Waals surface area contributed by atoms with Crippen molar-refractivity contribution in [1.82, 2.24) is 24.6 Å². The van der Waals surface area contributed by atoms with E-state index in [1.54, 1.807) is 4.52 Å². The maximum absolute atomic E-state index is 6.30. The van der Waals surface area contributed by atoms with Crippen LogP contribution in [0.3, 0.4) is 0 Å². The Morgan fingerprint density at radius 3 is 2.61 bits per heavy atom. The first-order chi connectivity index (χ1) is 18.7. The number of fused-ring (bicyclic) bond motifs is 1. The molecule has 1 aromatic carbocycles. The zero-order valence-electron chi connectivity index (χ0n) is 22.1. The number of rotatable bonds is 9. The number of nitrogen functional groups attached to an aromatic ring is 1. The Kier molecular flexibility index (Phi) is 7.12. The summed E-state index contributed by atoms with van der Waals surface area (Å²) in [4.78, 5) is 13.9. The van der Waals surface area contributed by atoms with Gasteiger partial charge in [0.2, 0.25) is 11.9 Å². The Bertz CT molecular complexity index is 1380. The van der Waals surface area contributed by atoms with Crippen molar-refractivity contribution in [3.8, 4) is 17.0 Å². The second-order valence-electron chi connectivity index (χ2n) is 10.7. The number of nitrogens with one attached hydrogen (secondary N) is 1. The van der Waals surface area contributed by atoms with E-state index in [9.17, 15) is 0 Å². The molecular weight excluding hydrogens is 474 g/mol. The standard InChI is InChI=1S/C30H37N7O/c1-2-3-17-38-22-13-11-20(12-14-22)23-9-6-10-24(23)25-18-33-29(31)37-28(25)26(19-34-37)27-15-16-32-30(36-27)35-21-7-4-5-8-21/h11-16,18-19,21,23-24H,2-10,17H2,1H3,(H2,31,33)(H,32,35,36). The minimum absolute atomic E-state index is 0.325. The summed E-state index contributed by atoms with van der Waals surface area (Å²) in [6.45, 7) is 2.95. The molecule has 3 aromatic heterocycles. The molecular formula is C30H37N7O. The lowest BCUT2D eigenvalue weighted by molar-refractivity contribution is 0.309. The Balaban J connectivity index is 1.33. The van der Waals surface area contributed by atoms with E-state index in [1.165, 1.54) is 43.2 Å². The van der Waals surface area contributed by atoms with Gasteiger partial charge >= 0.3 is 0 Å². The van der Waals surface area contributed by atoms with Gasteiger partial charge in [0.1, 0.15) is 5.75 Å². The van der Waals surface area contributed by atoms with Gasteiger partial charge in [-0.3, -0.25) is 0 Å². The molecule has 2 aliphatic rings. The minimum Gasteiger partial charge on any atom is -0.494 e. The molecule has 3 N–H and O–H groups in total. The van der Waals surface area contributed by atoms with Crippen LogP contribution >= 0.6 is 0 Å². The van der Waals surface area contributed by atoms with Crippen molar-refractivity contribution in [3.63, 3.8) is 0 Å². The Morgan fingerprint density at radius 1 is 0.974 bits per heavy atom. The van der Waals surface area contributed by atoms with Crippen LogP contribution in [0.2, 0.25) is 0 Å². The van der Waals surface area contributed by atoms with Gasteiger partial charge in [0.05, 0.1) is 24.0 Å². The Hall–Kier alpha value is -3.68. The Morgan fingerprint density at radius 2 is 1.79 bits per heavy atom. The van der Waals surface area contributed by atoms with Crippen molar-refractivity contribution >= 4 is 17.4 Å². The van der Waals surface area contributed by atoms with Gasteiger partial charge in [0.25, 0.3) is 0 Å². The fourth-order valence-corrected chi connectivity index (χ4v) is 6.22. The van der Waals surface area contributed by atoms with Crippen LogP contribution in [0.1, 0.15) is 87.7 Å². The van der Waals surface area contributed by atoms with E-state index in [0.29, 0.717) is 29.8 Å². The van der Waals surface area contributed by atoms with Crippen LogP contribution in [-0.2, 0) is 0 Å². The van der Waals surface area contributed by atoms with Crippen molar-refractivity contribution < 1.29 is 4.74 Å². The van der Waals surface area contributed by atoms with Gasteiger partial charge in [0.15, 0.2) is 0 Å². The van der Waals surface area contributed by atoms with Crippen LogP contribution in [0.15, 0.2) is 48.9 Å². The maximum atomic E-state index is 6.30. The number of nitrogens with zero attached hydrogens (tertiary/aromatic N) is 5. The van der Waals surface area contributed by atoms with E-state index in [2.05, 4.69) is 51.6 Å². The highest BCUT2D eigenvalue weighted by Crippen LogP contribution is 2.48. The van der Waals surface area contributed by atoms with Crippen LogP contribution < -0.4 is 15.8 Å². The molecule has 8 nitrogen and oxygen atoms in total. The second kappa shape index (κ2) is 11.0. The molecule has 0 spiro atoms. The number of unbranched alkanes of at least 4 members (excludes halogenated alkanes) is 1. The summed E-state index contributed by atoms with van der Waals surface area (Å²) in [5, 5.41) is 8.16. The molecule has 6 rings (SSSR count). The van der Waals surface area contributed by atoms with E-state index in [0.717, 1.165) is 54.8 Å². The summed E-state index contributed by atoms with van der Waals surface area (Å²) in [5.41, 5.74) is 11.6. The normalized spacial score (nSPS) is 19.8. The highest BCUT2D eigenvalue weighted by molar-refractivity contribution is 5.82. The first-order valence-corrected chi connectivity index (χ1v) is 14.2. The molecule has 2 atom stereocenters. The summed E-state index contributed by atoms with van der Waals surface area (Å²) >= 11 is 0. The third kappa shape index (κ3) is 4.91. The van der Waals surface area contributed by atoms with Crippen LogP contribution in [0.5, 0.6) is 5.75 Å². The summed E-state index contributed by atoms with van der Waals surface area (Å²) in [7, 11) is 0. The molecule has 0 amide bonds.